The Labute approximate surface area is 99.9 Å². The largest absolute Gasteiger partial charge is 0.396 e. The van der Waals surface area contributed by atoms with Crippen LogP contribution in [0.4, 0.5) is 11.5 Å². The standard InChI is InChI=1S/C12H15N5/c13-6-7-15-12-10(14)8-11(16-17-12)9-4-2-1-3-5-9/h1-5,8H,6-7,13H2,(H2,14,16)(H,15,17). The van der Waals surface area contributed by atoms with Crippen molar-refractivity contribution in [2.45, 2.75) is 0 Å². The number of benzene rings is 1. The highest BCUT2D eigenvalue weighted by Crippen LogP contribution is 2.21. The highest BCUT2D eigenvalue weighted by atomic mass is 15.2. The van der Waals surface area contributed by atoms with Crippen LogP contribution in [-0.2, 0) is 0 Å². The first-order valence-electron chi connectivity index (χ1n) is 5.44. The van der Waals surface area contributed by atoms with Crippen molar-refractivity contribution in [1.29, 1.82) is 0 Å². The van der Waals surface area contributed by atoms with Crippen LogP contribution in [0.5, 0.6) is 0 Å². The topological polar surface area (TPSA) is 89.8 Å². The number of nitrogen functional groups attached to an aromatic ring is 1. The lowest BCUT2D eigenvalue weighted by atomic mass is 10.1. The molecule has 0 fully saturated rings. The van der Waals surface area contributed by atoms with Gasteiger partial charge in [-0.2, -0.15) is 0 Å². The second kappa shape index (κ2) is 5.27. The number of nitrogens with two attached hydrogens (primary N) is 2. The summed E-state index contributed by atoms with van der Waals surface area (Å²) in [5.74, 6) is 0.579. The van der Waals surface area contributed by atoms with Crippen LogP contribution < -0.4 is 16.8 Å². The summed E-state index contributed by atoms with van der Waals surface area (Å²) in [4.78, 5) is 0. The van der Waals surface area contributed by atoms with Gasteiger partial charge >= 0.3 is 0 Å². The van der Waals surface area contributed by atoms with Gasteiger partial charge in [0.15, 0.2) is 5.82 Å². The first kappa shape index (κ1) is 11.3. The van der Waals surface area contributed by atoms with Gasteiger partial charge in [0.1, 0.15) is 0 Å². The number of nitrogens with zero attached hydrogens (tertiary/aromatic N) is 2. The molecule has 88 valence electrons. The highest BCUT2D eigenvalue weighted by Gasteiger charge is 2.04. The summed E-state index contributed by atoms with van der Waals surface area (Å²) in [5, 5.41) is 11.2. The Morgan fingerprint density at radius 1 is 1.12 bits per heavy atom. The van der Waals surface area contributed by atoms with Gasteiger partial charge < -0.3 is 16.8 Å². The summed E-state index contributed by atoms with van der Waals surface area (Å²) in [5.41, 5.74) is 13.6. The first-order valence-corrected chi connectivity index (χ1v) is 5.44. The van der Waals surface area contributed by atoms with E-state index < -0.39 is 0 Å². The summed E-state index contributed by atoms with van der Waals surface area (Å²) < 4.78 is 0. The third kappa shape index (κ3) is 2.70. The van der Waals surface area contributed by atoms with E-state index in [2.05, 4.69) is 15.5 Å². The molecule has 1 heterocycles. The number of nitrogens with one attached hydrogen (secondary N) is 1. The second-order valence-electron chi connectivity index (χ2n) is 3.62. The van der Waals surface area contributed by atoms with Gasteiger partial charge in [0.05, 0.1) is 11.4 Å². The Morgan fingerprint density at radius 2 is 1.88 bits per heavy atom. The van der Waals surface area contributed by atoms with Crippen LogP contribution in [0.1, 0.15) is 0 Å². The van der Waals surface area contributed by atoms with E-state index in [1.54, 1.807) is 6.07 Å². The first-order chi connectivity index (χ1) is 8.31. The lowest BCUT2D eigenvalue weighted by Gasteiger charge is -2.07. The van der Waals surface area contributed by atoms with Crippen molar-refractivity contribution < 1.29 is 0 Å². The molecule has 0 radical (unpaired) electrons. The van der Waals surface area contributed by atoms with E-state index >= 15 is 0 Å². The van der Waals surface area contributed by atoms with E-state index in [0.717, 1.165) is 11.3 Å². The fourth-order valence-electron chi connectivity index (χ4n) is 1.48. The van der Waals surface area contributed by atoms with Crippen LogP contribution in [0.25, 0.3) is 11.3 Å². The van der Waals surface area contributed by atoms with E-state index in [4.69, 9.17) is 11.5 Å². The lowest BCUT2D eigenvalue weighted by molar-refractivity contribution is 0.976. The van der Waals surface area contributed by atoms with Gasteiger partial charge in [0.2, 0.25) is 0 Å². The highest BCUT2D eigenvalue weighted by molar-refractivity contribution is 5.69. The molecule has 0 spiro atoms. The zero-order valence-corrected chi connectivity index (χ0v) is 9.43. The maximum Gasteiger partial charge on any atom is 0.171 e. The molecule has 5 nitrogen and oxygen atoms in total. The van der Waals surface area contributed by atoms with Crippen LogP contribution in [0.3, 0.4) is 0 Å². The fourth-order valence-corrected chi connectivity index (χ4v) is 1.48. The Morgan fingerprint density at radius 3 is 2.53 bits per heavy atom. The molecule has 1 aromatic heterocycles. The minimum absolute atomic E-state index is 0.529. The van der Waals surface area contributed by atoms with Crippen molar-refractivity contribution >= 4 is 11.5 Å². The Balaban J connectivity index is 2.25. The Kier molecular flexibility index (Phi) is 3.52. The molecule has 0 unspecified atom stereocenters. The fraction of sp³-hybridized carbons (Fsp3) is 0.167. The molecule has 0 bridgehead atoms. The van der Waals surface area contributed by atoms with E-state index in [0.29, 0.717) is 24.6 Å². The average Bonchev–Trinajstić information content (AvgIpc) is 2.38. The van der Waals surface area contributed by atoms with Crippen LogP contribution in [-0.4, -0.2) is 23.3 Å². The summed E-state index contributed by atoms with van der Waals surface area (Å²) in [7, 11) is 0. The molecule has 2 aromatic rings. The third-order valence-corrected chi connectivity index (χ3v) is 2.33. The molecule has 0 aliphatic rings. The van der Waals surface area contributed by atoms with Crippen molar-refractivity contribution in [2.75, 3.05) is 24.1 Å². The van der Waals surface area contributed by atoms with E-state index in [9.17, 15) is 0 Å². The number of anilines is 2. The van der Waals surface area contributed by atoms with E-state index in [-0.39, 0.29) is 0 Å². The van der Waals surface area contributed by atoms with Gasteiger partial charge in [-0.15, -0.1) is 10.2 Å². The monoisotopic (exact) mass is 229 g/mol. The molecule has 5 N–H and O–H groups in total. The van der Waals surface area contributed by atoms with E-state index in [1.165, 1.54) is 0 Å². The van der Waals surface area contributed by atoms with Crippen LogP contribution in [0, 0.1) is 0 Å². The Hall–Kier alpha value is -2.14. The number of hydrogen-bond donors (Lipinski definition) is 3. The molecular formula is C12H15N5. The molecule has 0 aliphatic heterocycles. The molecule has 0 amide bonds. The zero-order valence-electron chi connectivity index (χ0n) is 9.43. The van der Waals surface area contributed by atoms with Gasteiger partial charge in [-0.1, -0.05) is 30.3 Å². The van der Waals surface area contributed by atoms with E-state index in [1.807, 2.05) is 30.3 Å². The SMILES string of the molecule is NCCNc1nnc(-c2ccccc2)cc1N. The van der Waals surface area contributed by atoms with Crippen molar-refractivity contribution in [3.05, 3.63) is 36.4 Å². The lowest BCUT2D eigenvalue weighted by Crippen LogP contribution is -2.15. The molecule has 17 heavy (non-hydrogen) atoms. The van der Waals surface area contributed by atoms with Gasteiger partial charge in [-0.05, 0) is 6.07 Å². The second-order valence-corrected chi connectivity index (χ2v) is 3.62. The average molecular weight is 229 g/mol. The third-order valence-electron chi connectivity index (χ3n) is 2.33. The molecule has 5 heteroatoms. The smallest absolute Gasteiger partial charge is 0.171 e. The summed E-state index contributed by atoms with van der Waals surface area (Å²) in [6, 6.07) is 11.6. The van der Waals surface area contributed by atoms with Crippen LogP contribution in [0.2, 0.25) is 0 Å². The quantitative estimate of drug-likeness (QED) is 0.730. The minimum atomic E-state index is 0.529. The van der Waals surface area contributed by atoms with Gasteiger partial charge in [-0.3, -0.25) is 0 Å². The van der Waals surface area contributed by atoms with Crippen molar-refractivity contribution in [1.82, 2.24) is 10.2 Å². The minimum Gasteiger partial charge on any atom is -0.396 e. The maximum atomic E-state index is 5.89. The number of rotatable bonds is 4. The predicted molar refractivity (Wildman–Crippen MR) is 69.4 cm³/mol. The maximum absolute atomic E-state index is 5.89. The Bertz CT molecular complexity index is 484. The van der Waals surface area contributed by atoms with Crippen molar-refractivity contribution in [3.8, 4) is 11.3 Å². The van der Waals surface area contributed by atoms with Gasteiger partial charge in [0, 0.05) is 18.7 Å². The van der Waals surface area contributed by atoms with Crippen molar-refractivity contribution in [2.24, 2.45) is 5.73 Å². The number of aromatic nitrogens is 2. The molecule has 0 aliphatic carbocycles. The normalized spacial score (nSPS) is 10.2. The van der Waals surface area contributed by atoms with Gasteiger partial charge in [0.25, 0.3) is 0 Å². The molecule has 2 rings (SSSR count). The molecule has 0 saturated carbocycles. The molecule has 0 atom stereocenters. The molecular weight excluding hydrogens is 214 g/mol. The number of hydrogen-bond acceptors (Lipinski definition) is 5. The van der Waals surface area contributed by atoms with Crippen molar-refractivity contribution in [3.63, 3.8) is 0 Å². The summed E-state index contributed by atoms with van der Waals surface area (Å²) in [6.07, 6.45) is 0. The zero-order chi connectivity index (χ0) is 12.1. The molecule has 1 aromatic carbocycles. The van der Waals surface area contributed by atoms with Gasteiger partial charge in [-0.25, -0.2) is 0 Å². The van der Waals surface area contributed by atoms with Crippen LogP contribution in [0.15, 0.2) is 36.4 Å². The predicted octanol–water partition coefficient (Wildman–Crippen LogP) is 1.10. The summed E-state index contributed by atoms with van der Waals surface area (Å²) >= 11 is 0. The molecule has 0 saturated heterocycles. The van der Waals surface area contributed by atoms with Crippen LogP contribution >= 0.6 is 0 Å². The summed E-state index contributed by atoms with van der Waals surface area (Å²) in [6.45, 7) is 1.16.